The third kappa shape index (κ3) is 6.82. The van der Waals surface area contributed by atoms with Crippen molar-refractivity contribution < 1.29 is 27.1 Å². The maximum absolute atomic E-state index is 13.9. The molecule has 0 bridgehead atoms. The Bertz CT molecular complexity index is 1500. The van der Waals surface area contributed by atoms with E-state index in [-0.39, 0.29) is 47.7 Å². The number of likely N-dealkylation sites (tertiary alicyclic amines) is 1. The van der Waals surface area contributed by atoms with E-state index >= 15 is 0 Å². The minimum atomic E-state index is -3.87. The van der Waals surface area contributed by atoms with Gasteiger partial charge in [-0.25, -0.2) is 12.8 Å². The van der Waals surface area contributed by atoms with Crippen LogP contribution in [0.4, 0.5) is 4.39 Å². The molecule has 0 N–H and O–H groups in total. The van der Waals surface area contributed by atoms with E-state index in [9.17, 15) is 22.4 Å². The van der Waals surface area contributed by atoms with Gasteiger partial charge in [0.2, 0.25) is 15.9 Å². The van der Waals surface area contributed by atoms with Gasteiger partial charge in [0.15, 0.2) is 0 Å². The van der Waals surface area contributed by atoms with Crippen molar-refractivity contribution in [1.82, 2.24) is 14.1 Å². The fourth-order valence-corrected chi connectivity index (χ4v) is 6.98. The van der Waals surface area contributed by atoms with Gasteiger partial charge in [0.25, 0.3) is 5.91 Å². The van der Waals surface area contributed by atoms with Crippen LogP contribution >= 0.6 is 0 Å². The van der Waals surface area contributed by atoms with E-state index in [1.165, 1.54) is 16.4 Å². The van der Waals surface area contributed by atoms with E-state index in [0.29, 0.717) is 50.1 Å². The van der Waals surface area contributed by atoms with Gasteiger partial charge in [0, 0.05) is 37.3 Å². The van der Waals surface area contributed by atoms with Gasteiger partial charge in [-0.05, 0) is 86.7 Å². The van der Waals surface area contributed by atoms with E-state index in [1.807, 2.05) is 6.92 Å². The molecular weight excluding hydrogens is 557 g/mol. The Balaban J connectivity index is 1.33. The van der Waals surface area contributed by atoms with Crippen molar-refractivity contribution in [1.29, 1.82) is 0 Å². The van der Waals surface area contributed by atoms with Crippen molar-refractivity contribution in [3.8, 4) is 5.75 Å². The molecule has 3 aromatic carbocycles. The van der Waals surface area contributed by atoms with Gasteiger partial charge in [-0.3, -0.25) is 9.59 Å². The van der Waals surface area contributed by atoms with Gasteiger partial charge in [0.05, 0.1) is 18.6 Å². The number of aryl methyl sites for hydroxylation is 1. The Labute approximate surface area is 246 Å². The number of sulfonamides is 1. The first-order valence-corrected chi connectivity index (χ1v) is 15.7. The van der Waals surface area contributed by atoms with Crippen LogP contribution in [0.15, 0.2) is 77.7 Å². The summed E-state index contributed by atoms with van der Waals surface area (Å²) in [6, 6.07) is 19.2. The molecule has 1 saturated carbocycles. The van der Waals surface area contributed by atoms with E-state index in [1.54, 1.807) is 77.6 Å². The molecule has 2 aliphatic rings. The molecule has 2 fully saturated rings. The standard InChI is InChI=1S/C32H36FN3O5S/c1-23-3-15-30(16-4-23)42(39,40)36(28-11-12-28)22-31(37)35(21-24-5-9-26(33)10-6-24)27-17-19-34(20-18-27)32(38)25-7-13-29(41-2)14-8-25/h3-10,13-16,27-28H,11-12,17-22H2,1-2H3. The number of rotatable bonds is 10. The number of hydrogen-bond donors (Lipinski definition) is 0. The molecule has 2 amide bonds. The summed E-state index contributed by atoms with van der Waals surface area (Å²) in [4.78, 5) is 30.7. The summed E-state index contributed by atoms with van der Waals surface area (Å²) in [5, 5.41) is 0. The van der Waals surface area contributed by atoms with E-state index in [2.05, 4.69) is 0 Å². The Morgan fingerprint density at radius 3 is 2.07 bits per heavy atom. The molecule has 1 saturated heterocycles. The number of piperidine rings is 1. The summed E-state index contributed by atoms with van der Waals surface area (Å²) in [6.07, 6.45) is 2.51. The first-order chi connectivity index (χ1) is 20.2. The van der Waals surface area contributed by atoms with Crippen LogP contribution in [0, 0.1) is 12.7 Å². The highest BCUT2D eigenvalue weighted by Gasteiger charge is 2.41. The summed E-state index contributed by atoms with van der Waals surface area (Å²) in [5.41, 5.74) is 2.26. The second-order valence-corrected chi connectivity index (χ2v) is 12.9. The molecule has 0 radical (unpaired) electrons. The number of hydrogen-bond acceptors (Lipinski definition) is 5. The van der Waals surface area contributed by atoms with Gasteiger partial charge >= 0.3 is 0 Å². The van der Waals surface area contributed by atoms with E-state index in [4.69, 9.17) is 4.74 Å². The molecule has 0 aromatic heterocycles. The predicted octanol–water partition coefficient (Wildman–Crippen LogP) is 4.63. The lowest BCUT2D eigenvalue weighted by Crippen LogP contribution is -2.51. The fourth-order valence-electron chi connectivity index (χ4n) is 5.35. The van der Waals surface area contributed by atoms with Crippen molar-refractivity contribution in [2.45, 2.75) is 56.1 Å². The topological polar surface area (TPSA) is 87.2 Å². The summed E-state index contributed by atoms with van der Waals surface area (Å²) >= 11 is 0. The lowest BCUT2D eigenvalue weighted by Gasteiger charge is -2.39. The zero-order valence-electron chi connectivity index (χ0n) is 23.9. The van der Waals surface area contributed by atoms with Gasteiger partial charge < -0.3 is 14.5 Å². The summed E-state index contributed by atoms with van der Waals surface area (Å²) in [6.45, 7) is 2.75. The monoisotopic (exact) mass is 593 g/mol. The van der Waals surface area contributed by atoms with Crippen LogP contribution in [0.5, 0.6) is 5.75 Å². The number of methoxy groups -OCH3 is 1. The number of halogens is 1. The molecule has 1 heterocycles. The maximum Gasteiger partial charge on any atom is 0.253 e. The van der Waals surface area contributed by atoms with Crippen LogP contribution in [0.2, 0.25) is 0 Å². The number of amides is 2. The summed E-state index contributed by atoms with van der Waals surface area (Å²) in [5.74, 6) is -0.0885. The lowest BCUT2D eigenvalue weighted by molar-refractivity contribution is -0.135. The highest BCUT2D eigenvalue weighted by atomic mass is 32.2. The van der Waals surface area contributed by atoms with Crippen molar-refractivity contribution in [3.63, 3.8) is 0 Å². The zero-order chi connectivity index (χ0) is 29.9. The van der Waals surface area contributed by atoms with Gasteiger partial charge in [-0.2, -0.15) is 4.31 Å². The number of carbonyl (C=O) groups excluding carboxylic acids is 2. The molecule has 1 aliphatic carbocycles. The predicted molar refractivity (Wildman–Crippen MR) is 157 cm³/mol. The number of carbonyl (C=O) groups is 2. The van der Waals surface area contributed by atoms with Crippen molar-refractivity contribution >= 4 is 21.8 Å². The van der Waals surface area contributed by atoms with E-state index in [0.717, 1.165) is 11.1 Å². The maximum atomic E-state index is 13.9. The lowest BCUT2D eigenvalue weighted by atomic mass is 10.0. The van der Waals surface area contributed by atoms with Crippen LogP contribution in [0.25, 0.3) is 0 Å². The number of nitrogens with zero attached hydrogens (tertiary/aromatic N) is 3. The highest BCUT2D eigenvalue weighted by Crippen LogP contribution is 2.33. The Hall–Kier alpha value is -3.76. The average molecular weight is 594 g/mol. The zero-order valence-corrected chi connectivity index (χ0v) is 24.7. The molecule has 0 spiro atoms. The largest absolute Gasteiger partial charge is 0.497 e. The first kappa shape index (κ1) is 29.7. The molecule has 1 aliphatic heterocycles. The van der Waals surface area contributed by atoms with Gasteiger partial charge in [0.1, 0.15) is 11.6 Å². The first-order valence-electron chi connectivity index (χ1n) is 14.2. The Morgan fingerprint density at radius 2 is 1.50 bits per heavy atom. The third-order valence-electron chi connectivity index (χ3n) is 7.99. The summed E-state index contributed by atoms with van der Waals surface area (Å²) < 4.78 is 47.4. The van der Waals surface area contributed by atoms with E-state index < -0.39 is 10.0 Å². The van der Waals surface area contributed by atoms with Crippen LogP contribution in [-0.2, 0) is 21.4 Å². The number of ether oxygens (including phenoxy) is 1. The van der Waals surface area contributed by atoms with Crippen molar-refractivity contribution in [2.75, 3.05) is 26.7 Å². The normalized spacial score (nSPS) is 16.0. The molecular formula is C32H36FN3O5S. The SMILES string of the molecule is COc1ccc(C(=O)N2CCC(N(Cc3ccc(F)cc3)C(=O)CN(C3CC3)S(=O)(=O)c3ccc(C)cc3)CC2)cc1. The minimum absolute atomic E-state index is 0.0865. The van der Waals surface area contributed by atoms with Crippen LogP contribution in [-0.4, -0.2) is 73.2 Å². The van der Waals surface area contributed by atoms with Crippen LogP contribution in [0.3, 0.4) is 0 Å². The number of benzene rings is 3. The van der Waals surface area contributed by atoms with Gasteiger partial charge in [-0.15, -0.1) is 0 Å². The quantitative estimate of drug-likeness (QED) is 0.342. The second-order valence-electron chi connectivity index (χ2n) is 11.0. The molecule has 42 heavy (non-hydrogen) atoms. The summed E-state index contributed by atoms with van der Waals surface area (Å²) in [7, 11) is -2.30. The Kier molecular flexibility index (Phi) is 8.93. The molecule has 0 atom stereocenters. The van der Waals surface area contributed by atoms with Crippen molar-refractivity contribution in [2.24, 2.45) is 0 Å². The highest BCUT2D eigenvalue weighted by molar-refractivity contribution is 7.89. The molecule has 222 valence electrons. The Morgan fingerprint density at radius 1 is 0.881 bits per heavy atom. The molecule has 10 heteroatoms. The molecule has 8 nitrogen and oxygen atoms in total. The molecule has 3 aromatic rings. The minimum Gasteiger partial charge on any atom is -0.497 e. The molecule has 5 rings (SSSR count). The fraction of sp³-hybridized carbons (Fsp3) is 0.375. The second kappa shape index (κ2) is 12.6. The van der Waals surface area contributed by atoms with Crippen molar-refractivity contribution in [3.05, 3.63) is 95.3 Å². The van der Waals surface area contributed by atoms with Crippen LogP contribution in [0.1, 0.15) is 47.2 Å². The molecule has 0 unspecified atom stereocenters. The third-order valence-corrected chi connectivity index (χ3v) is 9.90. The van der Waals surface area contributed by atoms with Crippen LogP contribution < -0.4 is 4.74 Å². The smallest absolute Gasteiger partial charge is 0.253 e. The van der Waals surface area contributed by atoms with Gasteiger partial charge in [-0.1, -0.05) is 29.8 Å². The average Bonchev–Trinajstić information content (AvgIpc) is 3.85.